The number of hydrogen-bond donors (Lipinski definition) is 0. The monoisotopic (exact) mass is 292 g/mol. The summed E-state index contributed by atoms with van der Waals surface area (Å²) in [5, 5.41) is 0. The Morgan fingerprint density at radius 2 is 1.77 bits per heavy atom. The molecule has 0 bridgehead atoms. The molecule has 0 aromatic heterocycles. The van der Waals surface area contributed by atoms with Gasteiger partial charge in [0.05, 0.1) is 0 Å². The van der Waals surface area contributed by atoms with Crippen molar-refractivity contribution in [1.29, 1.82) is 0 Å². The van der Waals surface area contributed by atoms with Crippen LogP contribution in [0.25, 0.3) is 0 Å². The van der Waals surface area contributed by atoms with Gasteiger partial charge in [-0.1, -0.05) is 48.6 Å². The minimum Gasteiger partial charge on any atom is -0.369 e. The van der Waals surface area contributed by atoms with E-state index < -0.39 is 0 Å². The number of nitrogens with zero attached hydrogens (tertiary/aromatic N) is 2. The Kier molecular flexibility index (Phi) is 3.86. The van der Waals surface area contributed by atoms with Crippen LogP contribution < -0.4 is 0 Å². The second-order valence-electron chi connectivity index (χ2n) is 6.49. The van der Waals surface area contributed by atoms with Crippen molar-refractivity contribution in [2.75, 3.05) is 26.2 Å². The zero-order valence-electron chi connectivity index (χ0n) is 13.2. The lowest BCUT2D eigenvalue weighted by molar-refractivity contribution is 0.154. The maximum Gasteiger partial charge on any atom is 0.0365 e. The maximum absolute atomic E-state index is 2.61. The Morgan fingerprint density at radius 1 is 0.955 bits per heavy atom. The topological polar surface area (TPSA) is 6.48 Å². The molecule has 2 heteroatoms. The molecule has 1 aromatic carbocycles. The molecule has 2 aliphatic carbocycles. The van der Waals surface area contributed by atoms with Crippen LogP contribution in [0.15, 0.2) is 65.4 Å². The fourth-order valence-corrected chi connectivity index (χ4v) is 3.84. The molecule has 1 heterocycles. The van der Waals surface area contributed by atoms with E-state index in [1.807, 2.05) is 0 Å². The van der Waals surface area contributed by atoms with Gasteiger partial charge in [0.2, 0.25) is 0 Å². The zero-order chi connectivity index (χ0) is 14.8. The Bertz CT molecular complexity index is 616. The molecule has 1 aliphatic heterocycles. The summed E-state index contributed by atoms with van der Waals surface area (Å²) in [6.07, 6.45) is 10.7. The average molecular weight is 292 g/mol. The first-order chi connectivity index (χ1) is 10.9. The third-order valence-corrected chi connectivity index (χ3v) is 5.05. The largest absolute Gasteiger partial charge is 0.369 e. The Morgan fingerprint density at radius 3 is 2.59 bits per heavy atom. The average Bonchev–Trinajstić information content (AvgIpc) is 3.01. The predicted molar refractivity (Wildman–Crippen MR) is 91.4 cm³/mol. The van der Waals surface area contributed by atoms with Crippen LogP contribution in [0.1, 0.15) is 24.8 Å². The van der Waals surface area contributed by atoms with Gasteiger partial charge in [0.25, 0.3) is 0 Å². The van der Waals surface area contributed by atoms with Crippen LogP contribution in [-0.2, 0) is 6.54 Å². The molecule has 114 valence electrons. The van der Waals surface area contributed by atoms with E-state index in [-0.39, 0.29) is 0 Å². The molecule has 3 aliphatic rings. The van der Waals surface area contributed by atoms with E-state index in [1.54, 1.807) is 16.8 Å². The standard InChI is InChI=1S/C20H24N2/c1-2-6-17(7-3-1)16-21-12-14-22(15-13-21)20-11-10-18-8-4-5-9-19(18)20/h1-4,6-8,11H,5,9-10,12-16H2. The van der Waals surface area contributed by atoms with Crippen LogP contribution in [0.2, 0.25) is 0 Å². The van der Waals surface area contributed by atoms with E-state index in [9.17, 15) is 0 Å². The van der Waals surface area contributed by atoms with Gasteiger partial charge in [-0.15, -0.1) is 0 Å². The minimum absolute atomic E-state index is 1.09. The Balaban J connectivity index is 1.36. The summed E-state index contributed by atoms with van der Waals surface area (Å²) in [6.45, 7) is 5.76. The Hall–Kier alpha value is -1.80. The molecule has 1 saturated heterocycles. The van der Waals surface area contributed by atoms with E-state index in [0.29, 0.717) is 0 Å². The number of hydrogen-bond acceptors (Lipinski definition) is 2. The van der Waals surface area contributed by atoms with Crippen LogP contribution >= 0.6 is 0 Å². The lowest BCUT2D eigenvalue weighted by Gasteiger charge is -2.37. The Labute approximate surface area is 133 Å². The highest BCUT2D eigenvalue weighted by atomic mass is 15.3. The quantitative estimate of drug-likeness (QED) is 0.837. The number of benzene rings is 1. The first kappa shape index (κ1) is 13.8. The van der Waals surface area contributed by atoms with Crippen molar-refractivity contribution in [1.82, 2.24) is 9.80 Å². The number of rotatable bonds is 3. The third kappa shape index (κ3) is 2.76. The van der Waals surface area contributed by atoms with Crippen molar-refractivity contribution in [2.24, 2.45) is 0 Å². The molecule has 0 atom stereocenters. The second-order valence-corrected chi connectivity index (χ2v) is 6.49. The fourth-order valence-electron chi connectivity index (χ4n) is 3.84. The van der Waals surface area contributed by atoms with E-state index >= 15 is 0 Å². The first-order valence-electron chi connectivity index (χ1n) is 8.50. The molecule has 0 saturated carbocycles. The molecule has 0 radical (unpaired) electrons. The van der Waals surface area contributed by atoms with Gasteiger partial charge < -0.3 is 4.90 Å². The van der Waals surface area contributed by atoms with Crippen molar-refractivity contribution >= 4 is 0 Å². The van der Waals surface area contributed by atoms with E-state index in [2.05, 4.69) is 58.4 Å². The van der Waals surface area contributed by atoms with Gasteiger partial charge in [-0.25, -0.2) is 0 Å². The number of allylic oxidation sites excluding steroid dienone is 5. The molecule has 0 spiro atoms. The highest BCUT2D eigenvalue weighted by Gasteiger charge is 2.25. The summed E-state index contributed by atoms with van der Waals surface area (Å²) in [5.74, 6) is 0. The van der Waals surface area contributed by atoms with Gasteiger partial charge in [0.15, 0.2) is 0 Å². The minimum atomic E-state index is 1.09. The summed E-state index contributed by atoms with van der Waals surface area (Å²) in [6, 6.07) is 10.8. The van der Waals surface area contributed by atoms with E-state index in [1.165, 1.54) is 44.6 Å². The molecule has 1 fully saturated rings. The molecule has 0 unspecified atom stereocenters. The van der Waals surface area contributed by atoms with Gasteiger partial charge in [0, 0.05) is 38.4 Å². The van der Waals surface area contributed by atoms with Gasteiger partial charge in [-0.05, 0) is 36.0 Å². The predicted octanol–water partition coefficient (Wildman–Crippen LogP) is 3.74. The molecular formula is C20H24N2. The molecule has 1 aromatic rings. The molecule has 4 rings (SSSR count). The van der Waals surface area contributed by atoms with Crippen molar-refractivity contribution in [3.8, 4) is 0 Å². The first-order valence-corrected chi connectivity index (χ1v) is 8.50. The van der Waals surface area contributed by atoms with Crippen molar-refractivity contribution in [3.63, 3.8) is 0 Å². The van der Waals surface area contributed by atoms with Crippen molar-refractivity contribution in [2.45, 2.75) is 25.8 Å². The SMILES string of the molecule is C1=CC2=C(CC1)C(N1CCN(Cc3ccccc3)CC1)=CC2. The second kappa shape index (κ2) is 6.13. The summed E-state index contributed by atoms with van der Waals surface area (Å²) < 4.78 is 0. The van der Waals surface area contributed by atoms with E-state index in [0.717, 1.165) is 13.0 Å². The molecule has 0 N–H and O–H groups in total. The summed E-state index contributed by atoms with van der Waals surface area (Å²) >= 11 is 0. The maximum atomic E-state index is 2.61. The highest BCUT2D eigenvalue weighted by molar-refractivity contribution is 5.48. The van der Waals surface area contributed by atoms with Crippen LogP contribution in [0, 0.1) is 0 Å². The molecule has 0 amide bonds. The molecular weight excluding hydrogens is 268 g/mol. The fraction of sp³-hybridized carbons (Fsp3) is 0.400. The summed E-state index contributed by atoms with van der Waals surface area (Å²) in [5.41, 5.74) is 6.16. The summed E-state index contributed by atoms with van der Waals surface area (Å²) in [7, 11) is 0. The van der Waals surface area contributed by atoms with Gasteiger partial charge >= 0.3 is 0 Å². The lowest BCUT2D eigenvalue weighted by atomic mass is 9.98. The molecule has 22 heavy (non-hydrogen) atoms. The van der Waals surface area contributed by atoms with Crippen LogP contribution in [0.5, 0.6) is 0 Å². The van der Waals surface area contributed by atoms with Crippen LogP contribution in [0.3, 0.4) is 0 Å². The third-order valence-electron chi connectivity index (χ3n) is 5.05. The molecule has 2 nitrogen and oxygen atoms in total. The van der Waals surface area contributed by atoms with Crippen molar-refractivity contribution in [3.05, 3.63) is 71.0 Å². The van der Waals surface area contributed by atoms with Crippen molar-refractivity contribution < 1.29 is 0 Å². The summed E-state index contributed by atoms with van der Waals surface area (Å²) in [4.78, 5) is 5.19. The van der Waals surface area contributed by atoms with Gasteiger partial charge in [-0.2, -0.15) is 0 Å². The van der Waals surface area contributed by atoms with E-state index in [4.69, 9.17) is 0 Å². The van der Waals surface area contributed by atoms with Gasteiger partial charge in [-0.3, -0.25) is 4.90 Å². The van der Waals surface area contributed by atoms with Gasteiger partial charge in [0.1, 0.15) is 0 Å². The van der Waals surface area contributed by atoms with Crippen LogP contribution in [-0.4, -0.2) is 36.0 Å². The zero-order valence-corrected chi connectivity index (χ0v) is 13.2. The lowest BCUT2D eigenvalue weighted by Crippen LogP contribution is -2.45. The normalized spacial score (nSPS) is 22.0. The number of piperazine rings is 1. The van der Waals surface area contributed by atoms with Crippen LogP contribution in [0.4, 0.5) is 0 Å². The smallest absolute Gasteiger partial charge is 0.0365 e. The highest BCUT2D eigenvalue weighted by Crippen LogP contribution is 2.35.